The van der Waals surface area contributed by atoms with Gasteiger partial charge in [0, 0.05) is 0 Å². The van der Waals surface area contributed by atoms with Crippen molar-refractivity contribution in [1.82, 2.24) is 0 Å². The highest BCUT2D eigenvalue weighted by Gasteiger charge is 2.27. The second kappa shape index (κ2) is 2.14. The van der Waals surface area contributed by atoms with E-state index in [4.69, 9.17) is 0 Å². The molecule has 0 aromatic carbocycles. The van der Waals surface area contributed by atoms with E-state index in [1.54, 1.807) is 0 Å². The zero-order valence-corrected chi connectivity index (χ0v) is 6.09. The van der Waals surface area contributed by atoms with Gasteiger partial charge in [0.15, 0.2) is 0 Å². The molecule has 1 rings (SSSR count). The summed E-state index contributed by atoms with van der Waals surface area (Å²) in [5.74, 6) is 0. The molecular weight excluding hydrogens is 112 g/mol. The summed E-state index contributed by atoms with van der Waals surface area (Å²) < 4.78 is 0. The third kappa shape index (κ3) is 1.33. The monoisotopic (exact) mass is 126 g/mol. The first-order valence-electron chi connectivity index (χ1n) is 3.46. The fourth-order valence-corrected chi connectivity index (χ4v) is 1.07. The van der Waals surface area contributed by atoms with Crippen LogP contribution in [0.25, 0.3) is 0 Å². The van der Waals surface area contributed by atoms with Gasteiger partial charge in [-0.1, -0.05) is 26.0 Å². The quantitative estimate of drug-likeness (QED) is 0.490. The van der Waals surface area contributed by atoms with Crippen molar-refractivity contribution in [3.8, 4) is 0 Å². The van der Waals surface area contributed by atoms with Crippen LogP contribution in [0, 0.1) is 5.41 Å². The largest absolute Gasteiger partial charge is 0.392 e. The number of rotatable bonds is 0. The van der Waals surface area contributed by atoms with E-state index in [2.05, 4.69) is 26.0 Å². The fraction of sp³-hybridized carbons (Fsp3) is 0.750. The summed E-state index contributed by atoms with van der Waals surface area (Å²) in [6.45, 7) is 4.20. The number of hydrogen-bond donors (Lipinski definition) is 1. The minimum Gasteiger partial charge on any atom is -0.392 e. The second-order valence-electron chi connectivity index (χ2n) is 3.42. The predicted octanol–water partition coefficient (Wildman–Crippen LogP) is 1.72. The lowest BCUT2D eigenvalue weighted by molar-refractivity contribution is 0.0491. The van der Waals surface area contributed by atoms with Gasteiger partial charge in [0.25, 0.3) is 0 Å². The Hall–Kier alpha value is -0.300. The van der Waals surface area contributed by atoms with E-state index in [1.165, 1.54) is 0 Å². The smallest absolute Gasteiger partial charge is 0.0628 e. The summed E-state index contributed by atoms with van der Waals surface area (Å²) >= 11 is 0. The van der Waals surface area contributed by atoms with E-state index < -0.39 is 0 Å². The van der Waals surface area contributed by atoms with Crippen LogP contribution in [0.15, 0.2) is 12.2 Å². The van der Waals surface area contributed by atoms with Crippen LogP contribution < -0.4 is 0 Å². The maximum Gasteiger partial charge on any atom is 0.0628 e. The van der Waals surface area contributed by atoms with Crippen LogP contribution in [0.5, 0.6) is 0 Å². The Bertz CT molecular complexity index is 125. The minimum absolute atomic E-state index is 0.106. The molecule has 1 heteroatoms. The fourth-order valence-electron chi connectivity index (χ4n) is 1.07. The van der Waals surface area contributed by atoms with Crippen molar-refractivity contribution >= 4 is 0 Å². The lowest BCUT2D eigenvalue weighted by Gasteiger charge is -2.31. The molecule has 0 radical (unpaired) electrons. The van der Waals surface area contributed by atoms with E-state index in [0.717, 1.165) is 12.8 Å². The first-order chi connectivity index (χ1) is 4.13. The molecule has 52 valence electrons. The Morgan fingerprint density at radius 1 is 1.44 bits per heavy atom. The van der Waals surface area contributed by atoms with Gasteiger partial charge in [-0.2, -0.15) is 0 Å². The third-order valence-corrected chi connectivity index (χ3v) is 2.07. The molecule has 0 unspecified atom stereocenters. The van der Waals surface area contributed by atoms with Gasteiger partial charge in [-0.05, 0) is 18.3 Å². The molecule has 1 nitrogen and oxygen atoms in total. The Morgan fingerprint density at radius 3 is 2.44 bits per heavy atom. The van der Waals surface area contributed by atoms with Crippen LogP contribution >= 0.6 is 0 Å². The highest BCUT2D eigenvalue weighted by Crippen LogP contribution is 2.31. The average Bonchev–Trinajstić information content (AvgIpc) is 1.77. The summed E-state index contributed by atoms with van der Waals surface area (Å²) in [7, 11) is 0. The van der Waals surface area contributed by atoms with Crippen molar-refractivity contribution < 1.29 is 5.11 Å². The van der Waals surface area contributed by atoms with Gasteiger partial charge < -0.3 is 5.11 Å². The predicted molar refractivity (Wildman–Crippen MR) is 38.2 cm³/mol. The van der Waals surface area contributed by atoms with Gasteiger partial charge in [0.2, 0.25) is 0 Å². The van der Waals surface area contributed by atoms with Gasteiger partial charge >= 0.3 is 0 Å². The lowest BCUT2D eigenvalue weighted by atomic mass is 9.78. The van der Waals surface area contributed by atoms with E-state index >= 15 is 0 Å². The summed E-state index contributed by atoms with van der Waals surface area (Å²) in [6.07, 6.45) is 5.89. The van der Waals surface area contributed by atoms with Crippen LogP contribution in [0.4, 0.5) is 0 Å². The van der Waals surface area contributed by atoms with Gasteiger partial charge in [-0.3, -0.25) is 0 Å². The van der Waals surface area contributed by atoms with E-state index in [1.807, 2.05) is 0 Å². The molecule has 1 N–H and O–H groups in total. The molecule has 1 aliphatic rings. The Kier molecular flexibility index (Phi) is 1.62. The molecule has 9 heavy (non-hydrogen) atoms. The summed E-state index contributed by atoms with van der Waals surface area (Å²) in [5.41, 5.74) is 0.106. The maximum absolute atomic E-state index is 9.39. The highest BCUT2D eigenvalue weighted by atomic mass is 16.3. The van der Waals surface area contributed by atoms with Crippen LogP contribution in [-0.4, -0.2) is 11.2 Å². The van der Waals surface area contributed by atoms with Crippen molar-refractivity contribution in [3.05, 3.63) is 12.2 Å². The van der Waals surface area contributed by atoms with Crippen molar-refractivity contribution in [2.45, 2.75) is 32.8 Å². The number of allylic oxidation sites excluding steroid dienone is 1. The SMILES string of the molecule is CC1(C)CC=CC[C@H]1O. The number of hydrogen-bond acceptors (Lipinski definition) is 1. The minimum atomic E-state index is -0.137. The summed E-state index contributed by atoms with van der Waals surface area (Å²) in [5, 5.41) is 9.39. The summed E-state index contributed by atoms with van der Waals surface area (Å²) in [4.78, 5) is 0. The maximum atomic E-state index is 9.39. The van der Waals surface area contributed by atoms with Crippen molar-refractivity contribution in [3.63, 3.8) is 0 Å². The number of aliphatic hydroxyl groups excluding tert-OH is 1. The normalized spacial score (nSPS) is 32.6. The molecule has 0 spiro atoms. The van der Waals surface area contributed by atoms with Crippen LogP contribution in [-0.2, 0) is 0 Å². The van der Waals surface area contributed by atoms with E-state index in [-0.39, 0.29) is 11.5 Å². The average molecular weight is 126 g/mol. The van der Waals surface area contributed by atoms with E-state index in [9.17, 15) is 5.11 Å². The second-order valence-corrected chi connectivity index (χ2v) is 3.42. The van der Waals surface area contributed by atoms with Gasteiger partial charge in [-0.25, -0.2) is 0 Å². The first-order valence-corrected chi connectivity index (χ1v) is 3.46. The molecule has 0 aromatic rings. The molecular formula is C8H14O. The Labute approximate surface area is 56.4 Å². The standard InChI is InChI=1S/C8H14O/c1-8(2)6-4-3-5-7(8)9/h3-4,7,9H,5-6H2,1-2H3/t7-/m1/s1. The molecule has 0 aliphatic heterocycles. The van der Waals surface area contributed by atoms with Crippen molar-refractivity contribution in [2.75, 3.05) is 0 Å². The number of aliphatic hydroxyl groups is 1. The third-order valence-electron chi connectivity index (χ3n) is 2.07. The molecule has 0 bridgehead atoms. The zero-order chi connectivity index (χ0) is 6.91. The van der Waals surface area contributed by atoms with Crippen LogP contribution in [0.1, 0.15) is 26.7 Å². The molecule has 0 amide bonds. The van der Waals surface area contributed by atoms with Crippen molar-refractivity contribution in [2.24, 2.45) is 5.41 Å². The molecule has 0 saturated heterocycles. The lowest BCUT2D eigenvalue weighted by Crippen LogP contribution is -2.30. The topological polar surface area (TPSA) is 20.2 Å². The molecule has 0 fully saturated rings. The van der Waals surface area contributed by atoms with Gasteiger partial charge in [-0.15, -0.1) is 0 Å². The Morgan fingerprint density at radius 2 is 2.11 bits per heavy atom. The molecule has 0 saturated carbocycles. The van der Waals surface area contributed by atoms with Crippen LogP contribution in [0.2, 0.25) is 0 Å². The molecule has 0 aromatic heterocycles. The molecule has 1 atom stereocenters. The summed E-state index contributed by atoms with van der Waals surface area (Å²) in [6, 6.07) is 0. The first kappa shape index (κ1) is 6.81. The van der Waals surface area contributed by atoms with Gasteiger partial charge in [0.05, 0.1) is 6.10 Å². The van der Waals surface area contributed by atoms with Crippen molar-refractivity contribution in [1.29, 1.82) is 0 Å². The molecule has 0 heterocycles. The van der Waals surface area contributed by atoms with Gasteiger partial charge in [0.1, 0.15) is 0 Å². The Balaban J connectivity index is 2.64. The van der Waals surface area contributed by atoms with E-state index in [0.29, 0.717) is 0 Å². The molecule has 1 aliphatic carbocycles. The van der Waals surface area contributed by atoms with Crippen LogP contribution in [0.3, 0.4) is 0 Å². The zero-order valence-electron chi connectivity index (χ0n) is 6.09. The highest BCUT2D eigenvalue weighted by molar-refractivity contribution is 4.98.